The highest BCUT2D eigenvalue weighted by Gasteiger charge is 2.19. The van der Waals surface area contributed by atoms with Crippen molar-refractivity contribution in [2.45, 2.75) is 43.4 Å². The van der Waals surface area contributed by atoms with Crippen LogP contribution in [0.5, 0.6) is 0 Å². The van der Waals surface area contributed by atoms with Crippen molar-refractivity contribution in [2.24, 2.45) is 0 Å². The summed E-state index contributed by atoms with van der Waals surface area (Å²) in [5.74, 6) is -2.01. The third-order valence-corrected chi connectivity index (χ3v) is 6.66. The first-order chi connectivity index (χ1) is 15.6. The normalized spacial score (nSPS) is 17.1. The van der Waals surface area contributed by atoms with Gasteiger partial charge in [0.1, 0.15) is 5.82 Å². The minimum Gasteiger partial charge on any atom is -0.478 e. The summed E-state index contributed by atoms with van der Waals surface area (Å²) in [7, 11) is 0. The Hall–Kier alpha value is -2.77. The molecule has 0 saturated heterocycles. The Labute approximate surface area is 192 Å². The van der Waals surface area contributed by atoms with Crippen LogP contribution in [0.1, 0.15) is 54.4 Å². The average molecular weight is 454 g/mol. The van der Waals surface area contributed by atoms with E-state index >= 15 is 0 Å². The summed E-state index contributed by atoms with van der Waals surface area (Å²) in [6.07, 6.45) is 14.8. The predicted molar refractivity (Wildman–Crippen MR) is 129 cm³/mol. The first kappa shape index (κ1) is 22.4. The molecule has 2 aromatic rings. The Morgan fingerprint density at radius 1 is 1.00 bits per heavy atom. The zero-order valence-electron chi connectivity index (χ0n) is 17.9. The van der Waals surface area contributed by atoms with Gasteiger partial charge in [-0.05, 0) is 70.8 Å². The molecule has 32 heavy (non-hydrogen) atoms. The van der Waals surface area contributed by atoms with E-state index in [1.54, 1.807) is 6.07 Å². The van der Waals surface area contributed by atoms with Gasteiger partial charge in [-0.2, -0.15) is 0 Å². The summed E-state index contributed by atoms with van der Waals surface area (Å²) < 4.78 is 17.0. The lowest BCUT2D eigenvalue weighted by Gasteiger charge is -2.23. The van der Waals surface area contributed by atoms with E-state index in [2.05, 4.69) is 21.4 Å². The number of halogens is 1. The molecule has 2 aliphatic heterocycles. The molecule has 0 bridgehead atoms. The van der Waals surface area contributed by atoms with Gasteiger partial charge >= 0.3 is 5.97 Å². The number of anilines is 1. The molecule has 1 saturated carbocycles. The standard InChI is InChI=1S/C19H16FN3O2S.C6H12/c20-16-4-3-11(6-15(16)19(24)25)14-8-18-17(22-10-23-26-18)7-13(14)12-2-1-5-21-9-12;1-2-4-6-5-3-1/h1-8,21-23H,9-10H2,(H,24,25);1-6H2. The number of carboxylic acids is 1. The molecule has 1 fully saturated rings. The number of aromatic carboxylic acids is 1. The topological polar surface area (TPSA) is 73.4 Å². The summed E-state index contributed by atoms with van der Waals surface area (Å²) in [5, 5.41) is 15.8. The van der Waals surface area contributed by atoms with Gasteiger partial charge in [0.25, 0.3) is 0 Å². The van der Waals surface area contributed by atoms with E-state index in [4.69, 9.17) is 0 Å². The zero-order valence-corrected chi connectivity index (χ0v) is 18.7. The van der Waals surface area contributed by atoms with Crippen molar-refractivity contribution < 1.29 is 14.3 Å². The molecular formula is C25H28FN3O2S. The highest BCUT2D eigenvalue weighted by molar-refractivity contribution is 7.97. The summed E-state index contributed by atoms with van der Waals surface area (Å²) >= 11 is 1.51. The smallest absolute Gasteiger partial charge is 0.338 e. The van der Waals surface area contributed by atoms with Crippen LogP contribution in [0.4, 0.5) is 10.1 Å². The first-order valence-corrected chi connectivity index (χ1v) is 11.9. The molecule has 0 spiro atoms. The molecule has 3 aliphatic rings. The molecule has 0 unspecified atom stereocenters. The van der Waals surface area contributed by atoms with Crippen LogP contribution in [0.3, 0.4) is 0 Å². The highest BCUT2D eigenvalue weighted by Crippen LogP contribution is 2.39. The summed E-state index contributed by atoms with van der Waals surface area (Å²) in [6, 6.07) is 8.29. The summed E-state index contributed by atoms with van der Waals surface area (Å²) in [4.78, 5) is 12.3. The Bertz CT molecular complexity index is 1040. The molecule has 0 radical (unpaired) electrons. The number of benzene rings is 2. The SMILES string of the molecule is C1CCCCC1.O=C(O)c1cc(-c2cc3c(cc2C2=CC=CNC2)NCNS3)ccc1F. The van der Waals surface area contributed by atoms with Gasteiger partial charge in [0.2, 0.25) is 0 Å². The lowest BCUT2D eigenvalue weighted by Crippen LogP contribution is -2.21. The zero-order chi connectivity index (χ0) is 22.3. The van der Waals surface area contributed by atoms with Crippen LogP contribution < -0.4 is 15.4 Å². The number of carboxylic acid groups (broad SMARTS) is 1. The summed E-state index contributed by atoms with van der Waals surface area (Å²) in [5.41, 5.74) is 4.29. The third kappa shape index (κ3) is 5.34. The quantitative estimate of drug-likeness (QED) is 0.427. The second-order valence-electron chi connectivity index (χ2n) is 8.05. The van der Waals surface area contributed by atoms with Gasteiger partial charge in [0.15, 0.2) is 0 Å². The number of hydrogen-bond donors (Lipinski definition) is 4. The number of allylic oxidation sites excluding steroid dienone is 2. The number of carbonyl (C=O) groups is 1. The molecule has 2 aromatic carbocycles. The van der Waals surface area contributed by atoms with Crippen LogP contribution in [-0.2, 0) is 0 Å². The molecule has 1 aliphatic carbocycles. The first-order valence-electron chi connectivity index (χ1n) is 11.1. The fourth-order valence-corrected chi connectivity index (χ4v) is 4.83. The van der Waals surface area contributed by atoms with Crippen molar-refractivity contribution in [2.75, 3.05) is 18.5 Å². The molecule has 168 valence electrons. The third-order valence-electron chi connectivity index (χ3n) is 5.81. The van der Waals surface area contributed by atoms with E-state index in [9.17, 15) is 14.3 Å². The fourth-order valence-electron chi connectivity index (χ4n) is 4.11. The maximum absolute atomic E-state index is 13.8. The van der Waals surface area contributed by atoms with E-state index in [-0.39, 0.29) is 5.56 Å². The van der Waals surface area contributed by atoms with E-state index < -0.39 is 11.8 Å². The molecule has 4 N–H and O–H groups in total. The number of hydrogen-bond acceptors (Lipinski definition) is 5. The maximum atomic E-state index is 13.8. The van der Waals surface area contributed by atoms with Crippen LogP contribution in [0.25, 0.3) is 16.7 Å². The molecule has 7 heteroatoms. The van der Waals surface area contributed by atoms with Crippen LogP contribution in [0, 0.1) is 5.82 Å². The van der Waals surface area contributed by atoms with Crippen molar-refractivity contribution in [1.29, 1.82) is 0 Å². The Kier molecular flexibility index (Phi) is 7.50. The van der Waals surface area contributed by atoms with Crippen molar-refractivity contribution in [3.8, 4) is 11.1 Å². The number of rotatable bonds is 3. The number of fused-ring (bicyclic) bond motifs is 1. The monoisotopic (exact) mass is 453 g/mol. The lowest BCUT2D eigenvalue weighted by atomic mass is 9.92. The van der Waals surface area contributed by atoms with E-state index in [0.717, 1.165) is 27.3 Å². The van der Waals surface area contributed by atoms with E-state index in [1.807, 2.05) is 24.4 Å². The van der Waals surface area contributed by atoms with Crippen molar-refractivity contribution >= 4 is 29.2 Å². The molecular weight excluding hydrogens is 425 g/mol. The average Bonchev–Trinajstić information content (AvgIpc) is 2.85. The van der Waals surface area contributed by atoms with Gasteiger partial charge in [0.05, 0.1) is 17.9 Å². The van der Waals surface area contributed by atoms with Gasteiger partial charge in [0, 0.05) is 11.4 Å². The van der Waals surface area contributed by atoms with Gasteiger partial charge < -0.3 is 15.7 Å². The minimum atomic E-state index is -1.27. The largest absolute Gasteiger partial charge is 0.478 e. The van der Waals surface area contributed by atoms with Crippen LogP contribution in [0.15, 0.2) is 53.6 Å². The second kappa shape index (κ2) is 10.7. The molecule has 0 amide bonds. The molecule has 0 aromatic heterocycles. The van der Waals surface area contributed by atoms with E-state index in [0.29, 0.717) is 18.8 Å². The fraction of sp³-hybridized carbons (Fsp3) is 0.320. The van der Waals surface area contributed by atoms with Crippen molar-refractivity contribution in [3.05, 3.63) is 65.6 Å². The highest BCUT2D eigenvalue weighted by atomic mass is 32.2. The number of dihydropyridines is 1. The van der Waals surface area contributed by atoms with Crippen LogP contribution >= 0.6 is 11.9 Å². The molecule has 5 rings (SSSR count). The van der Waals surface area contributed by atoms with Crippen molar-refractivity contribution in [3.63, 3.8) is 0 Å². The molecule has 2 heterocycles. The second-order valence-corrected chi connectivity index (χ2v) is 8.98. The van der Waals surface area contributed by atoms with Gasteiger partial charge in [-0.25, -0.2) is 13.9 Å². The van der Waals surface area contributed by atoms with Gasteiger partial charge in [-0.15, -0.1) is 0 Å². The van der Waals surface area contributed by atoms with Gasteiger partial charge in [-0.3, -0.25) is 0 Å². The Morgan fingerprint density at radius 3 is 2.41 bits per heavy atom. The lowest BCUT2D eigenvalue weighted by molar-refractivity contribution is 0.0692. The van der Waals surface area contributed by atoms with Crippen LogP contribution in [0.2, 0.25) is 0 Å². The van der Waals surface area contributed by atoms with Crippen LogP contribution in [-0.4, -0.2) is 24.3 Å². The van der Waals surface area contributed by atoms with E-state index in [1.165, 1.54) is 62.6 Å². The summed E-state index contributed by atoms with van der Waals surface area (Å²) in [6.45, 7) is 1.33. The molecule has 5 nitrogen and oxygen atoms in total. The molecule has 0 atom stereocenters. The Balaban J connectivity index is 0.000000354. The maximum Gasteiger partial charge on any atom is 0.338 e. The Morgan fingerprint density at radius 2 is 1.75 bits per heavy atom. The predicted octanol–water partition coefficient (Wildman–Crippen LogP) is 6.01. The van der Waals surface area contributed by atoms with Gasteiger partial charge in [-0.1, -0.05) is 50.7 Å². The van der Waals surface area contributed by atoms with Crippen molar-refractivity contribution in [1.82, 2.24) is 10.0 Å². The number of nitrogens with one attached hydrogen (secondary N) is 3. The minimum absolute atomic E-state index is 0.328.